The maximum atomic E-state index is 12.8. The lowest BCUT2D eigenvalue weighted by Gasteiger charge is -2.28. The molecule has 0 spiro atoms. The predicted molar refractivity (Wildman–Crippen MR) is 98.0 cm³/mol. The number of hydrogen-bond donors (Lipinski definition) is 1. The van der Waals surface area contributed by atoms with E-state index in [9.17, 15) is 9.59 Å². The molecule has 1 N–H and O–H groups in total. The Kier molecular flexibility index (Phi) is 5.60. The number of hydrogen-bond acceptors (Lipinski definition) is 4. The van der Waals surface area contributed by atoms with Crippen LogP contribution < -0.4 is 5.32 Å². The van der Waals surface area contributed by atoms with Crippen molar-refractivity contribution < 1.29 is 14.3 Å². The second-order valence-electron chi connectivity index (χ2n) is 5.69. The number of nitrogens with one attached hydrogen (secondary N) is 1. The second kappa shape index (κ2) is 8.07. The molecule has 2 amide bonds. The number of rotatable bonds is 4. The van der Waals surface area contributed by atoms with Gasteiger partial charge in [0, 0.05) is 12.3 Å². The quantitative estimate of drug-likeness (QED) is 0.855. The van der Waals surface area contributed by atoms with E-state index in [1.165, 1.54) is 7.11 Å². The zero-order chi connectivity index (χ0) is 17.6. The number of ether oxygens (including phenoxy) is 1. The number of nitrogens with zero attached hydrogens (tertiary/aromatic N) is 1. The number of esters is 1. The van der Waals surface area contributed by atoms with Crippen molar-refractivity contribution in [2.24, 2.45) is 0 Å². The van der Waals surface area contributed by atoms with E-state index >= 15 is 0 Å². The summed E-state index contributed by atoms with van der Waals surface area (Å²) in [6.07, 6.45) is 0. The smallest absolute Gasteiger partial charge is 0.329 e. The van der Waals surface area contributed by atoms with Crippen LogP contribution in [0.5, 0.6) is 0 Å². The molecule has 6 heteroatoms. The fraction of sp³-hybridized carbons (Fsp3) is 0.263. The fourth-order valence-electron chi connectivity index (χ4n) is 2.81. The predicted octanol–water partition coefficient (Wildman–Crippen LogP) is 3.19. The molecule has 2 aromatic carbocycles. The summed E-state index contributed by atoms with van der Waals surface area (Å²) in [6, 6.07) is 18.6. The molecular weight excluding hydrogens is 336 g/mol. The van der Waals surface area contributed by atoms with Gasteiger partial charge in [-0.2, -0.15) is 0 Å². The largest absolute Gasteiger partial charge is 0.467 e. The Hall–Kier alpha value is -2.47. The van der Waals surface area contributed by atoms with E-state index in [4.69, 9.17) is 4.74 Å². The van der Waals surface area contributed by atoms with Crippen molar-refractivity contribution in [2.75, 3.05) is 12.9 Å². The van der Waals surface area contributed by atoms with Gasteiger partial charge in [0.1, 0.15) is 11.4 Å². The third-order valence-electron chi connectivity index (χ3n) is 4.08. The second-order valence-corrected chi connectivity index (χ2v) is 6.80. The topological polar surface area (TPSA) is 58.6 Å². The molecule has 1 fully saturated rings. The lowest BCUT2D eigenvalue weighted by Crippen LogP contribution is -2.48. The summed E-state index contributed by atoms with van der Waals surface area (Å²) < 4.78 is 4.89. The van der Waals surface area contributed by atoms with Crippen molar-refractivity contribution in [3.63, 3.8) is 0 Å². The Morgan fingerprint density at radius 1 is 1.12 bits per heavy atom. The lowest BCUT2D eigenvalue weighted by atomic mass is 10.2. The van der Waals surface area contributed by atoms with Crippen molar-refractivity contribution in [1.29, 1.82) is 0 Å². The molecule has 2 atom stereocenters. The number of urea groups is 1. The van der Waals surface area contributed by atoms with Crippen LogP contribution in [0.15, 0.2) is 60.7 Å². The number of amides is 2. The summed E-state index contributed by atoms with van der Waals surface area (Å²) in [5.41, 5.74) is 2.00. The first kappa shape index (κ1) is 17.4. The Morgan fingerprint density at radius 2 is 1.76 bits per heavy atom. The van der Waals surface area contributed by atoms with E-state index in [-0.39, 0.29) is 17.4 Å². The first-order valence-corrected chi connectivity index (χ1v) is 9.10. The molecule has 1 heterocycles. The highest BCUT2D eigenvalue weighted by molar-refractivity contribution is 7.99. The highest BCUT2D eigenvalue weighted by Crippen LogP contribution is 2.41. The zero-order valence-electron chi connectivity index (χ0n) is 13.9. The van der Waals surface area contributed by atoms with Gasteiger partial charge in [0.25, 0.3) is 0 Å². The van der Waals surface area contributed by atoms with Crippen molar-refractivity contribution in [3.05, 3.63) is 71.8 Å². The minimum absolute atomic E-state index is 0.207. The fourth-order valence-corrected chi connectivity index (χ4v) is 4.23. The first-order chi connectivity index (χ1) is 12.2. The van der Waals surface area contributed by atoms with Gasteiger partial charge in [-0.15, -0.1) is 11.8 Å². The molecule has 0 aromatic heterocycles. The molecule has 0 radical (unpaired) electrons. The maximum absolute atomic E-state index is 12.8. The molecule has 0 bridgehead atoms. The van der Waals surface area contributed by atoms with E-state index in [0.29, 0.717) is 12.3 Å². The minimum Gasteiger partial charge on any atom is -0.467 e. The van der Waals surface area contributed by atoms with E-state index in [1.54, 1.807) is 16.7 Å². The zero-order valence-corrected chi connectivity index (χ0v) is 14.7. The number of carbonyl (C=O) groups excluding carboxylic acids is 2. The number of methoxy groups -OCH3 is 1. The van der Waals surface area contributed by atoms with E-state index in [0.717, 1.165) is 11.1 Å². The summed E-state index contributed by atoms with van der Waals surface area (Å²) in [6.45, 7) is 0.413. The van der Waals surface area contributed by atoms with E-state index in [2.05, 4.69) is 5.32 Å². The summed E-state index contributed by atoms with van der Waals surface area (Å²) in [5.74, 6) is 0.131. The molecule has 1 aliphatic heterocycles. The van der Waals surface area contributed by atoms with E-state index in [1.807, 2.05) is 60.7 Å². The van der Waals surface area contributed by atoms with Gasteiger partial charge in [0.05, 0.1) is 7.11 Å². The molecule has 0 saturated carbocycles. The van der Waals surface area contributed by atoms with Gasteiger partial charge < -0.3 is 10.1 Å². The van der Waals surface area contributed by atoms with Gasteiger partial charge in [0.2, 0.25) is 0 Å². The summed E-state index contributed by atoms with van der Waals surface area (Å²) in [5, 5.41) is 2.71. The van der Waals surface area contributed by atoms with Crippen LogP contribution >= 0.6 is 11.8 Å². The van der Waals surface area contributed by atoms with Gasteiger partial charge in [-0.25, -0.2) is 9.59 Å². The van der Waals surface area contributed by atoms with Crippen molar-refractivity contribution in [2.45, 2.75) is 18.0 Å². The minimum atomic E-state index is -0.587. The van der Waals surface area contributed by atoms with Crippen LogP contribution in [0, 0.1) is 0 Å². The van der Waals surface area contributed by atoms with Crippen LogP contribution in [-0.2, 0) is 16.1 Å². The molecular formula is C19H20N2O3S. The maximum Gasteiger partial charge on any atom is 0.329 e. The van der Waals surface area contributed by atoms with Crippen LogP contribution in [-0.4, -0.2) is 35.8 Å². The van der Waals surface area contributed by atoms with Gasteiger partial charge in [-0.05, 0) is 11.1 Å². The highest BCUT2D eigenvalue weighted by Gasteiger charge is 2.42. The molecule has 25 heavy (non-hydrogen) atoms. The third kappa shape index (κ3) is 3.96. The van der Waals surface area contributed by atoms with Gasteiger partial charge in [-0.1, -0.05) is 60.7 Å². The molecule has 1 unspecified atom stereocenters. The van der Waals surface area contributed by atoms with E-state index < -0.39 is 6.04 Å². The van der Waals surface area contributed by atoms with Crippen molar-refractivity contribution >= 4 is 23.8 Å². The van der Waals surface area contributed by atoms with Crippen molar-refractivity contribution in [3.8, 4) is 0 Å². The van der Waals surface area contributed by atoms with Gasteiger partial charge >= 0.3 is 12.0 Å². The standard InChI is InChI=1S/C19H20N2O3S/c1-24-18(22)16-13-25-17(15-10-6-3-7-11-15)21(16)19(23)20-12-14-8-4-2-5-9-14/h2-11,16-17H,12-13H2,1H3,(H,20,23)/t16-,17?/m0/s1. The Morgan fingerprint density at radius 3 is 2.40 bits per heavy atom. The Bertz CT molecular complexity index is 724. The number of thioether (sulfide) groups is 1. The molecule has 1 saturated heterocycles. The molecule has 0 aliphatic carbocycles. The highest BCUT2D eigenvalue weighted by atomic mass is 32.2. The van der Waals surface area contributed by atoms with Crippen LogP contribution in [0.4, 0.5) is 4.79 Å². The Balaban J connectivity index is 1.78. The molecule has 2 aromatic rings. The third-order valence-corrected chi connectivity index (χ3v) is 5.40. The van der Waals surface area contributed by atoms with Crippen molar-refractivity contribution in [1.82, 2.24) is 10.2 Å². The van der Waals surface area contributed by atoms with Crippen LogP contribution in [0.25, 0.3) is 0 Å². The monoisotopic (exact) mass is 356 g/mol. The normalized spacial score (nSPS) is 19.5. The number of benzene rings is 2. The molecule has 3 rings (SSSR count). The lowest BCUT2D eigenvalue weighted by molar-refractivity contribution is -0.144. The molecule has 5 nitrogen and oxygen atoms in total. The SMILES string of the molecule is COC(=O)[C@@H]1CSC(c2ccccc2)N1C(=O)NCc1ccccc1. The summed E-state index contributed by atoms with van der Waals surface area (Å²) in [7, 11) is 1.35. The average molecular weight is 356 g/mol. The summed E-state index contributed by atoms with van der Waals surface area (Å²) >= 11 is 1.57. The Labute approximate surface area is 151 Å². The van der Waals surface area contributed by atoms with Crippen LogP contribution in [0.2, 0.25) is 0 Å². The van der Waals surface area contributed by atoms with Gasteiger partial charge in [-0.3, -0.25) is 4.90 Å². The molecule has 130 valence electrons. The first-order valence-electron chi connectivity index (χ1n) is 8.05. The van der Waals surface area contributed by atoms with Crippen LogP contribution in [0.1, 0.15) is 16.5 Å². The number of carbonyl (C=O) groups is 2. The molecule has 1 aliphatic rings. The summed E-state index contributed by atoms with van der Waals surface area (Å²) in [4.78, 5) is 26.5. The van der Waals surface area contributed by atoms with Gasteiger partial charge in [0.15, 0.2) is 0 Å². The average Bonchev–Trinajstić information content (AvgIpc) is 3.12. The van der Waals surface area contributed by atoms with Crippen LogP contribution in [0.3, 0.4) is 0 Å².